The van der Waals surface area contributed by atoms with Crippen molar-refractivity contribution in [3.8, 4) is 5.69 Å². The van der Waals surface area contributed by atoms with Crippen molar-refractivity contribution < 1.29 is 4.84 Å². The van der Waals surface area contributed by atoms with Crippen LogP contribution >= 0.6 is 0 Å². The summed E-state index contributed by atoms with van der Waals surface area (Å²) in [6.07, 6.45) is 5.04. The fraction of sp³-hybridized carbons (Fsp3) is 0.0952. The van der Waals surface area contributed by atoms with E-state index in [9.17, 15) is 0 Å². The highest BCUT2D eigenvalue weighted by atomic mass is 16.6. The summed E-state index contributed by atoms with van der Waals surface area (Å²) in [4.78, 5) is 14.4. The van der Waals surface area contributed by atoms with Crippen LogP contribution in [0.2, 0.25) is 0 Å². The highest BCUT2D eigenvalue weighted by Crippen LogP contribution is 2.20. The number of nitrogens with zero attached hydrogens (tertiary/aromatic N) is 7. The summed E-state index contributed by atoms with van der Waals surface area (Å²) in [6, 6.07) is 17.9. The number of benzene rings is 2. The lowest BCUT2D eigenvalue weighted by Gasteiger charge is -2.03. The summed E-state index contributed by atoms with van der Waals surface area (Å²) in [6.45, 7) is 2.22. The molecule has 8 nitrogen and oxygen atoms in total. The van der Waals surface area contributed by atoms with Gasteiger partial charge in [0.2, 0.25) is 0 Å². The molecule has 5 aromatic rings. The zero-order chi connectivity index (χ0) is 19.6. The summed E-state index contributed by atoms with van der Waals surface area (Å²) in [5.74, 6) is 0.521. The molecule has 0 unspecified atom stereocenters. The minimum atomic E-state index is 0.165. The fourth-order valence-electron chi connectivity index (χ4n) is 3.03. The highest BCUT2D eigenvalue weighted by Gasteiger charge is 2.13. The van der Waals surface area contributed by atoms with Gasteiger partial charge in [0.25, 0.3) is 0 Å². The first-order chi connectivity index (χ1) is 14.3. The van der Waals surface area contributed by atoms with E-state index >= 15 is 0 Å². The predicted octanol–water partition coefficient (Wildman–Crippen LogP) is 3.32. The third kappa shape index (κ3) is 3.31. The molecule has 0 fully saturated rings. The summed E-state index contributed by atoms with van der Waals surface area (Å²) in [5, 5.41) is 13.7. The van der Waals surface area contributed by atoms with Crippen molar-refractivity contribution in [1.82, 2.24) is 29.4 Å². The quantitative estimate of drug-likeness (QED) is 0.343. The molecule has 8 heteroatoms. The summed E-state index contributed by atoms with van der Waals surface area (Å²) >= 11 is 0. The van der Waals surface area contributed by atoms with E-state index < -0.39 is 0 Å². The molecule has 0 spiro atoms. The Morgan fingerprint density at radius 3 is 2.69 bits per heavy atom. The van der Waals surface area contributed by atoms with E-state index in [0.717, 1.165) is 22.3 Å². The standard InChI is InChI=1S/C21H17N7O/c1-15-7-9-17(10-8-15)28-20-18(12-23-28)21-25-19(26-27(21)14-22-20)13-29-24-11-16-5-3-2-4-6-16/h2-12,14H,13H2,1H3/b24-11-. The summed E-state index contributed by atoms with van der Waals surface area (Å²) in [7, 11) is 0. The number of oxime groups is 1. The second kappa shape index (κ2) is 7.16. The Kier molecular flexibility index (Phi) is 4.21. The van der Waals surface area contributed by atoms with Gasteiger partial charge in [0.15, 0.2) is 23.7 Å². The molecule has 0 N–H and O–H groups in total. The van der Waals surface area contributed by atoms with Crippen molar-refractivity contribution >= 4 is 22.9 Å². The van der Waals surface area contributed by atoms with Crippen LogP contribution in [0.25, 0.3) is 22.4 Å². The third-order valence-corrected chi connectivity index (χ3v) is 4.50. The number of aromatic nitrogens is 6. The molecule has 0 aliphatic heterocycles. The van der Waals surface area contributed by atoms with Crippen molar-refractivity contribution in [2.75, 3.05) is 0 Å². The number of fused-ring (bicyclic) bond motifs is 3. The van der Waals surface area contributed by atoms with E-state index in [1.165, 1.54) is 5.56 Å². The monoisotopic (exact) mass is 383 g/mol. The molecule has 3 aromatic heterocycles. The van der Waals surface area contributed by atoms with Gasteiger partial charge in [0, 0.05) is 0 Å². The lowest BCUT2D eigenvalue weighted by Crippen LogP contribution is -1.99. The van der Waals surface area contributed by atoms with Crippen LogP contribution in [0.4, 0.5) is 0 Å². The maximum Gasteiger partial charge on any atom is 0.192 e. The van der Waals surface area contributed by atoms with E-state index in [1.807, 2.05) is 54.6 Å². The Morgan fingerprint density at radius 1 is 1.03 bits per heavy atom. The summed E-state index contributed by atoms with van der Waals surface area (Å²) < 4.78 is 3.42. The molecule has 3 heterocycles. The molecule has 5 rings (SSSR count). The Morgan fingerprint density at radius 2 is 1.86 bits per heavy atom. The predicted molar refractivity (Wildman–Crippen MR) is 109 cm³/mol. The van der Waals surface area contributed by atoms with Gasteiger partial charge < -0.3 is 4.84 Å². The third-order valence-electron chi connectivity index (χ3n) is 4.50. The first kappa shape index (κ1) is 17.1. The molecule has 0 aliphatic carbocycles. The maximum absolute atomic E-state index is 5.34. The molecule has 0 bridgehead atoms. The second-order valence-electron chi connectivity index (χ2n) is 6.59. The number of rotatable bonds is 5. The van der Waals surface area contributed by atoms with Gasteiger partial charge in [0.1, 0.15) is 6.33 Å². The van der Waals surface area contributed by atoms with Crippen LogP contribution in [0, 0.1) is 6.92 Å². The molecule has 0 saturated heterocycles. The van der Waals surface area contributed by atoms with Crippen molar-refractivity contribution in [2.24, 2.45) is 5.16 Å². The zero-order valence-corrected chi connectivity index (χ0v) is 15.7. The minimum absolute atomic E-state index is 0.165. The molecule has 0 radical (unpaired) electrons. The lowest BCUT2D eigenvalue weighted by atomic mass is 10.2. The molecule has 2 aromatic carbocycles. The van der Waals surface area contributed by atoms with Crippen LogP contribution in [0.3, 0.4) is 0 Å². The molecule has 29 heavy (non-hydrogen) atoms. The van der Waals surface area contributed by atoms with Crippen molar-refractivity contribution in [1.29, 1.82) is 0 Å². The minimum Gasteiger partial charge on any atom is -0.387 e. The molecule has 142 valence electrons. The van der Waals surface area contributed by atoms with Gasteiger partial charge >= 0.3 is 0 Å². The van der Waals surface area contributed by atoms with Gasteiger partial charge in [-0.2, -0.15) is 5.10 Å². The van der Waals surface area contributed by atoms with Gasteiger partial charge in [-0.1, -0.05) is 53.2 Å². The van der Waals surface area contributed by atoms with Crippen molar-refractivity contribution in [3.05, 3.63) is 84.1 Å². The van der Waals surface area contributed by atoms with Gasteiger partial charge in [0.05, 0.1) is 23.5 Å². The zero-order valence-electron chi connectivity index (χ0n) is 15.7. The smallest absolute Gasteiger partial charge is 0.192 e. The van der Waals surface area contributed by atoms with Gasteiger partial charge in [-0.05, 0) is 24.6 Å². The summed E-state index contributed by atoms with van der Waals surface area (Å²) in [5.41, 5.74) is 4.51. The van der Waals surface area contributed by atoms with Gasteiger partial charge in [-0.3, -0.25) is 0 Å². The number of hydrogen-bond acceptors (Lipinski definition) is 6. The van der Waals surface area contributed by atoms with E-state index in [-0.39, 0.29) is 6.61 Å². The second-order valence-corrected chi connectivity index (χ2v) is 6.59. The number of aryl methyl sites for hydroxylation is 1. The van der Waals surface area contributed by atoms with Crippen LogP contribution < -0.4 is 0 Å². The van der Waals surface area contributed by atoms with Crippen LogP contribution in [0.1, 0.15) is 17.0 Å². The number of hydrogen-bond donors (Lipinski definition) is 0. The SMILES string of the molecule is Cc1ccc(-n2ncc3c2ncn2nc(CO/N=C\c4ccccc4)nc32)cc1. The molecule has 0 amide bonds. The molecular formula is C21H17N7O. The Balaban J connectivity index is 1.41. The Hall–Kier alpha value is -4.07. The van der Waals surface area contributed by atoms with E-state index in [4.69, 9.17) is 4.84 Å². The fourth-order valence-corrected chi connectivity index (χ4v) is 3.03. The topological polar surface area (TPSA) is 82.5 Å². The first-order valence-electron chi connectivity index (χ1n) is 9.13. The average Bonchev–Trinajstić information content (AvgIpc) is 3.36. The molecular weight excluding hydrogens is 366 g/mol. The lowest BCUT2D eigenvalue weighted by molar-refractivity contribution is 0.126. The molecule has 0 atom stereocenters. The van der Waals surface area contributed by atoms with E-state index in [0.29, 0.717) is 11.5 Å². The van der Waals surface area contributed by atoms with E-state index in [1.54, 1.807) is 27.9 Å². The van der Waals surface area contributed by atoms with Gasteiger partial charge in [-0.15, -0.1) is 5.10 Å². The van der Waals surface area contributed by atoms with E-state index in [2.05, 4.69) is 32.2 Å². The van der Waals surface area contributed by atoms with Crippen LogP contribution in [-0.4, -0.2) is 35.6 Å². The normalized spacial score (nSPS) is 11.6. The highest BCUT2D eigenvalue weighted by molar-refractivity contribution is 5.89. The Bertz CT molecular complexity index is 1300. The van der Waals surface area contributed by atoms with Gasteiger partial charge in [-0.25, -0.2) is 19.2 Å². The largest absolute Gasteiger partial charge is 0.387 e. The van der Waals surface area contributed by atoms with Crippen molar-refractivity contribution in [3.63, 3.8) is 0 Å². The molecule has 0 saturated carbocycles. The van der Waals surface area contributed by atoms with Crippen molar-refractivity contribution in [2.45, 2.75) is 13.5 Å². The first-order valence-corrected chi connectivity index (χ1v) is 9.13. The maximum atomic E-state index is 5.34. The molecule has 0 aliphatic rings. The van der Waals surface area contributed by atoms with Crippen LogP contribution in [0.5, 0.6) is 0 Å². The Labute approximate surface area is 166 Å². The van der Waals surface area contributed by atoms with Crippen LogP contribution in [0.15, 0.2) is 72.3 Å². The average molecular weight is 383 g/mol. The van der Waals surface area contributed by atoms with Crippen LogP contribution in [-0.2, 0) is 11.4 Å².